The Hall–Kier alpha value is -1.17. The Balaban J connectivity index is 0.00000364. The maximum Gasteiger partial charge on any atom is 0.161 e. The molecule has 0 fully saturated rings. The maximum atomic E-state index is 6.20. The molecule has 0 radical (unpaired) electrons. The summed E-state index contributed by atoms with van der Waals surface area (Å²) in [5.41, 5.74) is 2.14. The number of nitrogens with one attached hydrogen (secondary N) is 2. The Bertz CT molecular complexity index is 672. The van der Waals surface area contributed by atoms with Crippen molar-refractivity contribution in [2.75, 3.05) is 26.2 Å². The molecule has 2 rings (SSSR count). The quantitative estimate of drug-likeness (QED) is 0.434. The molecule has 4 nitrogen and oxygen atoms in total. The summed E-state index contributed by atoms with van der Waals surface area (Å²) in [4.78, 5) is 0. The first kappa shape index (κ1) is 26.8. The molecule has 2 N–H and O–H groups in total. The van der Waals surface area contributed by atoms with Crippen LogP contribution in [-0.2, 0) is 13.2 Å². The number of hydrogen-bond acceptors (Lipinski definition) is 4. The summed E-state index contributed by atoms with van der Waals surface area (Å²) >= 11 is 6.20. The summed E-state index contributed by atoms with van der Waals surface area (Å²) < 4.78 is 11.7. The van der Waals surface area contributed by atoms with Gasteiger partial charge < -0.3 is 20.1 Å². The van der Waals surface area contributed by atoms with E-state index in [1.54, 1.807) is 0 Å². The second-order valence-electron chi connectivity index (χ2n) is 5.98. The average molecular weight is 450 g/mol. The van der Waals surface area contributed by atoms with Crippen LogP contribution in [0.2, 0.25) is 5.02 Å². The molecule has 0 amide bonds. The number of ether oxygens (including phenoxy) is 2. The van der Waals surface area contributed by atoms with Gasteiger partial charge in [0.05, 0.1) is 6.61 Å². The van der Waals surface area contributed by atoms with E-state index in [4.69, 9.17) is 21.1 Å². The lowest BCUT2D eigenvalue weighted by molar-refractivity contribution is 0.269. The molecule has 0 aromatic heterocycles. The summed E-state index contributed by atoms with van der Waals surface area (Å²) in [6.45, 7) is 8.99. The van der Waals surface area contributed by atoms with E-state index in [2.05, 4.69) is 23.6 Å². The molecule has 0 aliphatic heterocycles. The molecular weight excluding hydrogens is 419 g/mol. The van der Waals surface area contributed by atoms with E-state index >= 15 is 0 Å². The van der Waals surface area contributed by atoms with Gasteiger partial charge in [-0.2, -0.15) is 0 Å². The van der Waals surface area contributed by atoms with Gasteiger partial charge in [0.1, 0.15) is 6.61 Å². The van der Waals surface area contributed by atoms with E-state index in [-0.39, 0.29) is 24.8 Å². The van der Waals surface area contributed by atoms with Crippen LogP contribution in [0.4, 0.5) is 0 Å². The standard InChI is InChI=1S/C21H29ClN2O2.2ClH/c1-3-23-12-7-13-24-15-17-10-11-20(21(14-17)25-4-2)26-16-18-8-5-6-9-19(18)22;;/h5-6,8-11,14,23-24H,3-4,7,12-13,15-16H2,1-2H3;2*1H. The van der Waals surface area contributed by atoms with Crippen molar-refractivity contribution in [1.29, 1.82) is 0 Å². The van der Waals surface area contributed by atoms with Crippen molar-refractivity contribution in [2.24, 2.45) is 0 Å². The Morgan fingerprint density at radius 1 is 0.893 bits per heavy atom. The Kier molecular flexibility index (Phi) is 15.1. The van der Waals surface area contributed by atoms with Crippen LogP contribution in [0.15, 0.2) is 42.5 Å². The highest BCUT2D eigenvalue weighted by Gasteiger charge is 2.08. The summed E-state index contributed by atoms with van der Waals surface area (Å²) in [5, 5.41) is 7.50. The Labute approximate surface area is 186 Å². The summed E-state index contributed by atoms with van der Waals surface area (Å²) in [7, 11) is 0. The number of hydrogen-bond donors (Lipinski definition) is 2. The molecule has 7 heteroatoms. The van der Waals surface area contributed by atoms with Crippen molar-refractivity contribution in [1.82, 2.24) is 10.6 Å². The number of halogens is 3. The zero-order valence-electron chi connectivity index (χ0n) is 16.5. The maximum absolute atomic E-state index is 6.20. The Morgan fingerprint density at radius 2 is 1.64 bits per heavy atom. The van der Waals surface area contributed by atoms with Crippen molar-refractivity contribution in [3.63, 3.8) is 0 Å². The zero-order valence-corrected chi connectivity index (χ0v) is 18.9. The molecule has 0 spiro atoms. The van der Waals surface area contributed by atoms with Crippen molar-refractivity contribution in [3.05, 3.63) is 58.6 Å². The van der Waals surface area contributed by atoms with Crippen molar-refractivity contribution < 1.29 is 9.47 Å². The smallest absolute Gasteiger partial charge is 0.161 e. The van der Waals surface area contributed by atoms with Crippen LogP contribution >= 0.6 is 36.4 Å². The first-order chi connectivity index (χ1) is 12.7. The van der Waals surface area contributed by atoms with Crippen LogP contribution < -0.4 is 20.1 Å². The van der Waals surface area contributed by atoms with Crippen LogP contribution in [0.5, 0.6) is 11.5 Å². The molecule has 0 unspecified atom stereocenters. The minimum absolute atomic E-state index is 0. The van der Waals surface area contributed by atoms with E-state index in [1.807, 2.05) is 43.3 Å². The van der Waals surface area contributed by atoms with Gasteiger partial charge in [0.15, 0.2) is 11.5 Å². The van der Waals surface area contributed by atoms with E-state index in [9.17, 15) is 0 Å². The van der Waals surface area contributed by atoms with Crippen LogP contribution in [0, 0.1) is 0 Å². The molecule has 2 aromatic rings. The monoisotopic (exact) mass is 448 g/mol. The molecule has 0 heterocycles. The van der Waals surface area contributed by atoms with Crippen molar-refractivity contribution in [2.45, 2.75) is 33.4 Å². The van der Waals surface area contributed by atoms with Gasteiger partial charge in [-0.25, -0.2) is 0 Å². The fraction of sp³-hybridized carbons (Fsp3) is 0.429. The molecule has 2 aromatic carbocycles. The highest BCUT2D eigenvalue weighted by molar-refractivity contribution is 6.31. The van der Waals surface area contributed by atoms with Gasteiger partial charge in [-0.1, -0.05) is 42.8 Å². The minimum atomic E-state index is 0. The van der Waals surface area contributed by atoms with Gasteiger partial charge in [0.25, 0.3) is 0 Å². The van der Waals surface area contributed by atoms with E-state index < -0.39 is 0 Å². The first-order valence-electron chi connectivity index (χ1n) is 9.28. The lowest BCUT2D eigenvalue weighted by atomic mass is 10.2. The SMILES string of the molecule is CCNCCCNCc1ccc(OCc2ccccc2Cl)c(OCC)c1.Cl.Cl. The highest BCUT2D eigenvalue weighted by atomic mass is 35.5. The molecule has 0 bridgehead atoms. The molecule has 0 aliphatic carbocycles. The molecule has 0 saturated heterocycles. The fourth-order valence-corrected chi connectivity index (χ4v) is 2.76. The van der Waals surface area contributed by atoms with Gasteiger partial charge >= 0.3 is 0 Å². The number of rotatable bonds is 12. The van der Waals surface area contributed by atoms with Crippen LogP contribution in [-0.4, -0.2) is 26.2 Å². The third kappa shape index (κ3) is 9.35. The molecule has 0 saturated carbocycles. The second kappa shape index (κ2) is 15.7. The third-order valence-electron chi connectivity index (χ3n) is 3.94. The average Bonchev–Trinajstić information content (AvgIpc) is 2.65. The predicted octanol–water partition coefficient (Wildman–Crippen LogP) is 5.25. The van der Waals surface area contributed by atoms with Crippen LogP contribution in [0.25, 0.3) is 0 Å². The lowest BCUT2D eigenvalue weighted by Gasteiger charge is -2.14. The highest BCUT2D eigenvalue weighted by Crippen LogP contribution is 2.30. The summed E-state index contributed by atoms with van der Waals surface area (Å²) in [6.07, 6.45) is 1.12. The van der Waals surface area contributed by atoms with Crippen molar-refractivity contribution in [3.8, 4) is 11.5 Å². The molecular formula is C21H31Cl3N2O2. The van der Waals surface area contributed by atoms with E-state index in [0.29, 0.717) is 18.2 Å². The second-order valence-corrected chi connectivity index (χ2v) is 6.39. The molecule has 0 atom stereocenters. The van der Waals surface area contributed by atoms with Crippen molar-refractivity contribution >= 4 is 36.4 Å². The number of benzene rings is 2. The third-order valence-corrected chi connectivity index (χ3v) is 4.30. The fourth-order valence-electron chi connectivity index (χ4n) is 2.57. The van der Waals surface area contributed by atoms with Gasteiger partial charge in [-0.15, -0.1) is 24.8 Å². The predicted molar refractivity (Wildman–Crippen MR) is 123 cm³/mol. The zero-order chi connectivity index (χ0) is 18.6. The molecule has 0 aliphatic rings. The summed E-state index contributed by atoms with van der Waals surface area (Å²) in [6, 6.07) is 13.8. The van der Waals surface area contributed by atoms with Gasteiger partial charge in [-0.05, 0) is 56.7 Å². The van der Waals surface area contributed by atoms with Crippen LogP contribution in [0.3, 0.4) is 0 Å². The largest absolute Gasteiger partial charge is 0.490 e. The lowest BCUT2D eigenvalue weighted by Crippen LogP contribution is -2.21. The summed E-state index contributed by atoms with van der Waals surface area (Å²) in [5.74, 6) is 1.51. The van der Waals surface area contributed by atoms with Crippen LogP contribution in [0.1, 0.15) is 31.4 Å². The minimum Gasteiger partial charge on any atom is -0.490 e. The molecule has 158 valence electrons. The van der Waals surface area contributed by atoms with E-state index in [0.717, 1.165) is 49.7 Å². The molecule has 28 heavy (non-hydrogen) atoms. The normalized spacial score (nSPS) is 9.96. The topological polar surface area (TPSA) is 42.5 Å². The Morgan fingerprint density at radius 3 is 2.36 bits per heavy atom. The first-order valence-corrected chi connectivity index (χ1v) is 9.65. The van der Waals surface area contributed by atoms with E-state index in [1.165, 1.54) is 5.56 Å². The van der Waals surface area contributed by atoms with Gasteiger partial charge in [-0.3, -0.25) is 0 Å². The van der Waals surface area contributed by atoms with Gasteiger partial charge in [0.2, 0.25) is 0 Å². The van der Waals surface area contributed by atoms with Gasteiger partial charge in [0, 0.05) is 17.1 Å².